The number of carbonyl (C=O) groups excluding carboxylic acids is 1. The molecule has 0 unspecified atom stereocenters. The van der Waals surface area contributed by atoms with Crippen molar-refractivity contribution in [2.75, 3.05) is 5.32 Å². The van der Waals surface area contributed by atoms with Crippen LogP contribution in [0.4, 0.5) is 10.7 Å². The Morgan fingerprint density at radius 3 is 2.75 bits per heavy atom. The van der Waals surface area contributed by atoms with Crippen LogP contribution in [-0.4, -0.2) is 21.2 Å². The van der Waals surface area contributed by atoms with Crippen molar-refractivity contribution >= 4 is 23.1 Å². The molecule has 0 radical (unpaired) electrons. The standard InChI is InChI=1S/C14H16N4O2/c1-14(2,3)20-13(19)17-12-16-10-6-5-9(8-15)7-11(10)18(12)4/h5-7H,1-4H3,(H,16,17,19). The summed E-state index contributed by atoms with van der Waals surface area (Å²) < 4.78 is 6.89. The van der Waals surface area contributed by atoms with Gasteiger partial charge in [0.2, 0.25) is 5.95 Å². The van der Waals surface area contributed by atoms with Gasteiger partial charge in [0, 0.05) is 7.05 Å². The molecule has 1 aromatic heterocycles. The van der Waals surface area contributed by atoms with Crippen LogP contribution in [0.25, 0.3) is 11.0 Å². The molecule has 0 atom stereocenters. The van der Waals surface area contributed by atoms with E-state index in [1.165, 1.54) is 0 Å². The summed E-state index contributed by atoms with van der Waals surface area (Å²) in [5.41, 5.74) is 1.46. The number of imidazole rings is 1. The number of aryl methyl sites for hydroxylation is 1. The Kier molecular flexibility index (Phi) is 3.36. The van der Waals surface area contributed by atoms with Crippen LogP contribution in [0.2, 0.25) is 0 Å². The maximum absolute atomic E-state index is 11.7. The summed E-state index contributed by atoms with van der Waals surface area (Å²) in [4.78, 5) is 16.0. The highest BCUT2D eigenvalue weighted by atomic mass is 16.6. The molecule has 0 aliphatic carbocycles. The molecule has 1 amide bonds. The summed E-state index contributed by atoms with van der Waals surface area (Å²) in [5.74, 6) is 0.379. The van der Waals surface area contributed by atoms with Gasteiger partial charge in [-0.1, -0.05) is 0 Å². The molecule has 1 heterocycles. The highest BCUT2D eigenvalue weighted by Crippen LogP contribution is 2.20. The van der Waals surface area contributed by atoms with Gasteiger partial charge in [-0.05, 0) is 39.0 Å². The zero-order chi connectivity index (χ0) is 14.9. The van der Waals surface area contributed by atoms with E-state index in [0.29, 0.717) is 17.0 Å². The summed E-state index contributed by atoms with van der Waals surface area (Å²) in [6.07, 6.45) is -0.559. The van der Waals surface area contributed by atoms with E-state index in [4.69, 9.17) is 10.00 Å². The van der Waals surface area contributed by atoms with Gasteiger partial charge in [0.05, 0.1) is 22.7 Å². The Balaban J connectivity index is 2.30. The molecule has 1 aromatic carbocycles. The molecule has 6 heteroatoms. The number of hydrogen-bond donors (Lipinski definition) is 1. The Morgan fingerprint density at radius 1 is 1.45 bits per heavy atom. The SMILES string of the molecule is Cn1c(NC(=O)OC(C)(C)C)nc2ccc(C#N)cc21. The number of carbonyl (C=O) groups is 1. The molecule has 0 saturated heterocycles. The fourth-order valence-electron chi connectivity index (χ4n) is 1.77. The van der Waals surface area contributed by atoms with E-state index in [1.807, 2.05) is 0 Å². The Morgan fingerprint density at radius 2 is 2.15 bits per heavy atom. The minimum atomic E-state index is -0.567. The molecule has 2 rings (SSSR count). The maximum Gasteiger partial charge on any atom is 0.414 e. The van der Waals surface area contributed by atoms with Crippen LogP contribution < -0.4 is 5.32 Å². The van der Waals surface area contributed by atoms with Gasteiger partial charge in [-0.2, -0.15) is 5.26 Å². The van der Waals surface area contributed by atoms with Crippen LogP contribution in [0.15, 0.2) is 18.2 Å². The predicted molar refractivity (Wildman–Crippen MR) is 75.3 cm³/mol. The molecule has 6 nitrogen and oxygen atoms in total. The Labute approximate surface area is 117 Å². The number of amides is 1. The summed E-state index contributed by atoms with van der Waals surface area (Å²) >= 11 is 0. The molecule has 104 valence electrons. The molecule has 0 spiro atoms. The molecular weight excluding hydrogens is 256 g/mol. The van der Waals surface area contributed by atoms with Gasteiger partial charge in [0.1, 0.15) is 5.60 Å². The summed E-state index contributed by atoms with van der Waals surface area (Å²) in [5, 5.41) is 11.5. The van der Waals surface area contributed by atoms with E-state index in [0.717, 1.165) is 5.52 Å². The Bertz CT molecular complexity index is 704. The zero-order valence-electron chi connectivity index (χ0n) is 11.9. The van der Waals surface area contributed by atoms with Crippen molar-refractivity contribution in [3.05, 3.63) is 23.8 Å². The quantitative estimate of drug-likeness (QED) is 0.865. The number of fused-ring (bicyclic) bond motifs is 1. The lowest BCUT2D eigenvalue weighted by Crippen LogP contribution is -2.28. The lowest BCUT2D eigenvalue weighted by molar-refractivity contribution is 0.0634. The van der Waals surface area contributed by atoms with Gasteiger partial charge in [0.15, 0.2) is 0 Å². The van der Waals surface area contributed by atoms with Crippen LogP contribution >= 0.6 is 0 Å². The first-order valence-corrected chi connectivity index (χ1v) is 6.17. The molecule has 0 aliphatic heterocycles. The molecule has 20 heavy (non-hydrogen) atoms. The topological polar surface area (TPSA) is 79.9 Å². The van der Waals surface area contributed by atoms with Crippen LogP contribution in [0.3, 0.4) is 0 Å². The van der Waals surface area contributed by atoms with Crippen molar-refractivity contribution in [2.45, 2.75) is 26.4 Å². The summed E-state index contributed by atoms with van der Waals surface area (Å²) in [6.45, 7) is 5.38. The number of benzene rings is 1. The largest absolute Gasteiger partial charge is 0.444 e. The second-order valence-corrected chi connectivity index (χ2v) is 5.44. The number of nitriles is 1. The first-order valence-electron chi connectivity index (χ1n) is 6.17. The fraction of sp³-hybridized carbons (Fsp3) is 0.357. The number of anilines is 1. The molecule has 1 N–H and O–H groups in total. The van der Waals surface area contributed by atoms with E-state index in [2.05, 4.69) is 16.4 Å². The first-order chi connectivity index (χ1) is 9.30. The number of nitrogens with one attached hydrogen (secondary N) is 1. The third-order valence-corrected chi connectivity index (χ3v) is 2.62. The fourth-order valence-corrected chi connectivity index (χ4v) is 1.77. The van der Waals surface area contributed by atoms with E-state index >= 15 is 0 Å². The number of nitrogens with zero attached hydrogens (tertiary/aromatic N) is 3. The average Bonchev–Trinajstić information content (AvgIpc) is 2.63. The third kappa shape index (κ3) is 2.88. The van der Waals surface area contributed by atoms with Crippen molar-refractivity contribution < 1.29 is 9.53 Å². The maximum atomic E-state index is 11.7. The molecule has 0 fully saturated rings. The van der Waals surface area contributed by atoms with E-state index in [-0.39, 0.29) is 0 Å². The zero-order valence-corrected chi connectivity index (χ0v) is 11.9. The van der Waals surface area contributed by atoms with Gasteiger partial charge in [-0.3, -0.25) is 5.32 Å². The second kappa shape index (κ2) is 4.85. The Hall–Kier alpha value is -2.55. The molecule has 2 aromatic rings. The van der Waals surface area contributed by atoms with Crippen molar-refractivity contribution in [3.63, 3.8) is 0 Å². The predicted octanol–water partition coefficient (Wildman–Crippen LogP) is 2.79. The lowest BCUT2D eigenvalue weighted by atomic mass is 10.2. The van der Waals surface area contributed by atoms with Crippen molar-refractivity contribution in [1.82, 2.24) is 9.55 Å². The van der Waals surface area contributed by atoms with Gasteiger partial charge in [-0.25, -0.2) is 9.78 Å². The number of rotatable bonds is 1. The van der Waals surface area contributed by atoms with Crippen molar-refractivity contribution in [1.29, 1.82) is 5.26 Å². The smallest absolute Gasteiger partial charge is 0.414 e. The highest BCUT2D eigenvalue weighted by molar-refractivity contribution is 5.87. The van der Waals surface area contributed by atoms with Gasteiger partial charge in [-0.15, -0.1) is 0 Å². The van der Waals surface area contributed by atoms with Crippen LogP contribution in [0.5, 0.6) is 0 Å². The van der Waals surface area contributed by atoms with Gasteiger partial charge in [0.25, 0.3) is 0 Å². The van der Waals surface area contributed by atoms with Crippen LogP contribution in [-0.2, 0) is 11.8 Å². The normalized spacial score (nSPS) is 11.2. The second-order valence-electron chi connectivity index (χ2n) is 5.44. The van der Waals surface area contributed by atoms with Gasteiger partial charge < -0.3 is 9.30 Å². The average molecular weight is 272 g/mol. The third-order valence-electron chi connectivity index (χ3n) is 2.62. The molecule has 0 bridgehead atoms. The van der Waals surface area contributed by atoms with Crippen LogP contribution in [0.1, 0.15) is 26.3 Å². The van der Waals surface area contributed by atoms with Crippen molar-refractivity contribution in [2.24, 2.45) is 7.05 Å². The molecular formula is C14H16N4O2. The van der Waals surface area contributed by atoms with Crippen molar-refractivity contribution in [3.8, 4) is 6.07 Å². The van der Waals surface area contributed by atoms with E-state index in [9.17, 15) is 4.79 Å². The molecule has 0 aliphatic rings. The summed E-state index contributed by atoms with van der Waals surface area (Å²) in [7, 11) is 1.77. The number of ether oxygens (including phenoxy) is 1. The minimum Gasteiger partial charge on any atom is -0.444 e. The first kappa shape index (κ1) is 13.9. The number of hydrogen-bond acceptors (Lipinski definition) is 4. The van der Waals surface area contributed by atoms with E-state index < -0.39 is 11.7 Å². The van der Waals surface area contributed by atoms with E-state index in [1.54, 1.807) is 50.6 Å². The van der Waals surface area contributed by atoms with Gasteiger partial charge >= 0.3 is 6.09 Å². The minimum absolute atomic E-state index is 0.379. The number of aromatic nitrogens is 2. The monoisotopic (exact) mass is 272 g/mol. The van der Waals surface area contributed by atoms with Crippen LogP contribution in [0, 0.1) is 11.3 Å². The lowest BCUT2D eigenvalue weighted by Gasteiger charge is -2.19. The highest BCUT2D eigenvalue weighted by Gasteiger charge is 2.18. The summed E-state index contributed by atoms with van der Waals surface area (Å²) in [6, 6.07) is 7.23. The molecule has 0 saturated carbocycles.